The fourth-order valence-corrected chi connectivity index (χ4v) is 3.95. The van der Waals surface area contributed by atoms with Crippen LogP contribution in [-0.2, 0) is 6.42 Å². The van der Waals surface area contributed by atoms with Gasteiger partial charge in [-0.05, 0) is 48.0 Å². The molecule has 1 unspecified atom stereocenters. The van der Waals surface area contributed by atoms with Gasteiger partial charge in [0.2, 0.25) is 0 Å². The average molecular weight is 310 g/mol. The van der Waals surface area contributed by atoms with Crippen LogP contribution >= 0.6 is 27.3 Å². The topological polar surface area (TPSA) is 12.0 Å². The predicted octanol–water partition coefficient (Wildman–Crippen LogP) is 4.32. The van der Waals surface area contributed by atoms with E-state index in [1.165, 1.54) is 19.8 Å². The highest BCUT2D eigenvalue weighted by Crippen LogP contribution is 2.33. The number of halogens is 1. The number of rotatable bonds is 4. The Morgan fingerprint density at radius 3 is 2.53 bits per heavy atom. The van der Waals surface area contributed by atoms with Gasteiger partial charge in [-0.2, -0.15) is 0 Å². The van der Waals surface area contributed by atoms with Crippen molar-refractivity contribution in [3.8, 4) is 0 Å². The van der Waals surface area contributed by atoms with Crippen molar-refractivity contribution >= 4 is 27.3 Å². The molecule has 0 aliphatic carbocycles. The third-order valence-electron chi connectivity index (χ3n) is 2.78. The zero-order chi connectivity index (χ0) is 12.3. The molecule has 0 bridgehead atoms. The summed E-state index contributed by atoms with van der Waals surface area (Å²) in [5, 5.41) is 3.40. The second-order valence-corrected chi connectivity index (χ2v) is 6.24. The van der Waals surface area contributed by atoms with Crippen LogP contribution in [0.15, 0.2) is 40.9 Å². The molecule has 17 heavy (non-hydrogen) atoms. The molecule has 0 spiro atoms. The molecule has 0 amide bonds. The zero-order valence-electron chi connectivity index (χ0n) is 10.0. The molecule has 2 rings (SSSR count). The highest BCUT2D eigenvalue weighted by molar-refractivity contribution is 9.10. The van der Waals surface area contributed by atoms with Crippen molar-refractivity contribution in [2.24, 2.45) is 0 Å². The van der Waals surface area contributed by atoms with E-state index in [-0.39, 0.29) is 0 Å². The molecule has 2 aromatic rings. The van der Waals surface area contributed by atoms with E-state index in [1.807, 2.05) is 18.4 Å². The van der Waals surface area contributed by atoms with Crippen LogP contribution in [0.25, 0.3) is 0 Å². The minimum atomic E-state index is 0.380. The van der Waals surface area contributed by atoms with Crippen molar-refractivity contribution in [3.63, 3.8) is 0 Å². The number of nitrogens with one attached hydrogen (secondary N) is 1. The van der Waals surface area contributed by atoms with Crippen LogP contribution in [0.2, 0.25) is 0 Å². The predicted molar refractivity (Wildman–Crippen MR) is 78.7 cm³/mol. The van der Waals surface area contributed by atoms with E-state index in [2.05, 4.69) is 64.6 Å². The van der Waals surface area contributed by atoms with Gasteiger partial charge >= 0.3 is 0 Å². The first-order valence-electron chi connectivity index (χ1n) is 5.67. The van der Waals surface area contributed by atoms with Gasteiger partial charge in [0.25, 0.3) is 0 Å². The van der Waals surface area contributed by atoms with Crippen molar-refractivity contribution in [1.82, 2.24) is 5.32 Å². The summed E-state index contributed by atoms with van der Waals surface area (Å²) in [7, 11) is 2.02. The van der Waals surface area contributed by atoms with Crippen molar-refractivity contribution in [2.75, 3.05) is 7.05 Å². The van der Waals surface area contributed by atoms with E-state index < -0.39 is 0 Å². The van der Waals surface area contributed by atoms with Gasteiger partial charge in [0, 0.05) is 20.3 Å². The lowest BCUT2D eigenvalue weighted by Gasteiger charge is -2.15. The summed E-state index contributed by atoms with van der Waals surface area (Å²) in [6.07, 6.45) is 1.02. The Bertz CT molecular complexity index is 478. The zero-order valence-corrected chi connectivity index (χ0v) is 12.4. The maximum absolute atomic E-state index is 3.64. The normalized spacial score (nSPS) is 12.6. The van der Waals surface area contributed by atoms with Crippen LogP contribution in [0.3, 0.4) is 0 Å². The minimum Gasteiger partial charge on any atom is -0.312 e. The van der Waals surface area contributed by atoms with Gasteiger partial charge < -0.3 is 5.32 Å². The van der Waals surface area contributed by atoms with Crippen LogP contribution in [0.5, 0.6) is 0 Å². The molecule has 1 aromatic heterocycles. The summed E-state index contributed by atoms with van der Waals surface area (Å²) in [6, 6.07) is 13.2. The molecule has 0 saturated heterocycles. The Labute approximate surface area is 115 Å². The monoisotopic (exact) mass is 309 g/mol. The minimum absolute atomic E-state index is 0.380. The first-order chi connectivity index (χ1) is 8.20. The molecule has 0 aliphatic heterocycles. The van der Waals surface area contributed by atoms with E-state index in [0.717, 1.165) is 6.42 Å². The Hall–Kier alpha value is -0.640. The molecule has 1 heterocycles. The second kappa shape index (κ2) is 5.80. The van der Waals surface area contributed by atoms with Gasteiger partial charge in [-0.1, -0.05) is 30.3 Å². The second-order valence-electron chi connectivity index (χ2n) is 4.10. The molecule has 0 fully saturated rings. The molecule has 0 saturated carbocycles. The van der Waals surface area contributed by atoms with Crippen LogP contribution in [0.1, 0.15) is 21.4 Å². The molecule has 3 heteroatoms. The van der Waals surface area contributed by atoms with E-state index in [9.17, 15) is 0 Å². The number of hydrogen-bond acceptors (Lipinski definition) is 2. The summed E-state index contributed by atoms with van der Waals surface area (Å²) in [5.41, 5.74) is 1.37. The molecule has 0 radical (unpaired) electrons. The van der Waals surface area contributed by atoms with Gasteiger partial charge in [-0.15, -0.1) is 11.3 Å². The maximum atomic E-state index is 3.64. The standard InChI is InChI=1S/C14H16BrNS/c1-10-8-12(15)14(17-10)13(16-2)9-11-6-4-3-5-7-11/h3-8,13,16H,9H2,1-2H3. The van der Waals surface area contributed by atoms with Gasteiger partial charge in [-0.3, -0.25) is 0 Å². The number of aryl methyl sites for hydroxylation is 1. The molecule has 1 aromatic carbocycles. The molecule has 1 atom stereocenters. The van der Waals surface area contributed by atoms with Crippen LogP contribution in [-0.4, -0.2) is 7.05 Å². The first kappa shape index (κ1) is 12.8. The van der Waals surface area contributed by atoms with Crippen molar-refractivity contribution in [1.29, 1.82) is 0 Å². The summed E-state index contributed by atoms with van der Waals surface area (Å²) >= 11 is 5.50. The lowest BCUT2D eigenvalue weighted by molar-refractivity contribution is 0.600. The fourth-order valence-electron chi connectivity index (χ4n) is 1.91. The highest BCUT2D eigenvalue weighted by atomic mass is 79.9. The fraction of sp³-hybridized carbons (Fsp3) is 0.286. The van der Waals surface area contributed by atoms with Crippen LogP contribution in [0, 0.1) is 6.92 Å². The summed E-state index contributed by atoms with van der Waals surface area (Å²) in [6.45, 7) is 2.15. The average Bonchev–Trinajstić information content (AvgIpc) is 2.67. The van der Waals surface area contributed by atoms with Gasteiger partial charge in [0.15, 0.2) is 0 Å². The lowest BCUT2D eigenvalue weighted by atomic mass is 10.1. The molecule has 0 aliphatic rings. The van der Waals surface area contributed by atoms with Crippen LogP contribution < -0.4 is 5.32 Å². The third-order valence-corrected chi connectivity index (χ3v) is 4.87. The van der Waals surface area contributed by atoms with E-state index in [1.54, 1.807) is 0 Å². The molecule has 1 nitrogen and oxygen atoms in total. The van der Waals surface area contributed by atoms with Crippen LogP contribution in [0.4, 0.5) is 0 Å². The highest BCUT2D eigenvalue weighted by Gasteiger charge is 2.15. The molecular formula is C14H16BrNS. The maximum Gasteiger partial charge on any atom is 0.0464 e. The van der Waals surface area contributed by atoms with Gasteiger partial charge in [0.05, 0.1) is 0 Å². The summed E-state index contributed by atoms with van der Waals surface area (Å²) in [5.74, 6) is 0. The molecule has 1 N–H and O–H groups in total. The van der Waals surface area contributed by atoms with Crippen molar-refractivity contribution in [2.45, 2.75) is 19.4 Å². The van der Waals surface area contributed by atoms with E-state index >= 15 is 0 Å². The Morgan fingerprint density at radius 1 is 1.29 bits per heavy atom. The summed E-state index contributed by atoms with van der Waals surface area (Å²) in [4.78, 5) is 2.73. The Morgan fingerprint density at radius 2 is 2.00 bits per heavy atom. The largest absolute Gasteiger partial charge is 0.312 e. The first-order valence-corrected chi connectivity index (χ1v) is 7.28. The molecular weight excluding hydrogens is 294 g/mol. The van der Waals surface area contributed by atoms with E-state index in [4.69, 9.17) is 0 Å². The number of thiophene rings is 1. The number of benzene rings is 1. The van der Waals surface area contributed by atoms with Gasteiger partial charge in [-0.25, -0.2) is 0 Å². The quantitative estimate of drug-likeness (QED) is 0.886. The lowest BCUT2D eigenvalue weighted by Crippen LogP contribution is -2.18. The SMILES string of the molecule is CNC(Cc1ccccc1)c1sc(C)cc1Br. The number of hydrogen-bond donors (Lipinski definition) is 1. The molecule has 90 valence electrons. The van der Waals surface area contributed by atoms with E-state index in [0.29, 0.717) is 6.04 Å². The smallest absolute Gasteiger partial charge is 0.0464 e. The third kappa shape index (κ3) is 3.18. The Kier molecular flexibility index (Phi) is 4.37. The van der Waals surface area contributed by atoms with Crippen molar-refractivity contribution < 1.29 is 0 Å². The van der Waals surface area contributed by atoms with Gasteiger partial charge in [0.1, 0.15) is 0 Å². The summed E-state index contributed by atoms with van der Waals surface area (Å²) < 4.78 is 1.22. The van der Waals surface area contributed by atoms with Crippen molar-refractivity contribution in [3.05, 3.63) is 56.2 Å². The number of likely N-dealkylation sites (N-methyl/N-ethyl adjacent to an activating group) is 1. The Balaban J connectivity index is 2.20.